The van der Waals surface area contributed by atoms with Gasteiger partial charge in [0.1, 0.15) is 5.75 Å². The number of ether oxygens (including phenoxy) is 1. The third kappa shape index (κ3) is 4.30. The average Bonchev–Trinajstić information content (AvgIpc) is 3.01. The number of para-hydroxylation sites is 2. The van der Waals surface area contributed by atoms with Crippen molar-refractivity contribution < 1.29 is 22.7 Å². The molecule has 0 saturated heterocycles. The highest BCUT2D eigenvalue weighted by atomic mass is 35.5. The minimum absolute atomic E-state index is 0.0435. The number of methoxy groups -OCH3 is 1. The van der Waals surface area contributed by atoms with Gasteiger partial charge in [-0.05, 0) is 30.3 Å². The molecule has 2 aromatic carbocycles. The van der Waals surface area contributed by atoms with Crippen molar-refractivity contribution >= 4 is 34.4 Å². The summed E-state index contributed by atoms with van der Waals surface area (Å²) in [7, 11) is 1.44. The van der Waals surface area contributed by atoms with Gasteiger partial charge in [0, 0.05) is 18.1 Å². The summed E-state index contributed by atoms with van der Waals surface area (Å²) >= 11 is 5.90. The molecule has 3 rings (SSSR count). The second-order valence-electron chi connectivity index (χ2n) is 5.80. The summed E-state index contributed by atoms with van der Waals surface area (Å²) in [5, 5.41) is 5.48. The fraction of sp³-hybridized carbons (Fsp3) is 0.222. The number of nitrogens with one attached hydrogen (secondary N) is 2. The Bertz CT molecular complexity index is 1000. The van der Waals surface area contributed by atoms with Crippen molar-refractivity contribution in [3.05, 3.63) is 53.3 Å². The van der Waals surface area contributed by atoms with Crippen LogP contribution in [0.2, 0.25) is 5.02 Å². The van der Waals surface area contributed by atoms with Crippen molar-refractivity contribution in [1.82, 2.24) is 14.9 Å². The van der Waals surface area contributed by atoms with Crippen molar-refractivity contribution in [3.8, 4) is 5.75 Å². The van der Waals surface area contributed by atoms with Crippen LogP contribution in [0, 0.1) is 0 Å². The molecule has 0 aliphatic heterocycles. The Hall–Kier alpha value is -2.94. The van der Waals surface area contributed by atoms with Gasteiger partial charge in [-0.3, -0.25) is 0 Å². The summed E-state index contributed by atoms with van der Waals surface area (Å²) < 4.78 is 46.0. The molecule has 0 aliphatic carbocycles. The zero-order valence-corrected chi connectivity index (χ0v) is 15.4. The van der Waals surface area contributed by atoms with E-state index in [0.717, 1.165) is 4.57 Å². The maximum atomic E-state index is 13.3. The zero-order chi connectivity index (χ0) is 20.3. The van der Waals surface area contributed by atoms with Gasteiger partial charge in [-0.1, -0.05) is 23.7 Å². The number of hydrogen-bond acceptors (Lipinski definition) is 3. The Labute approximate surface area is 163 Å². The summed E-state index contributed by atoms with van der Waals surface area (Å²) in [5.74, 6) is -0.605. The lowest BCUT2D eigenvalue weighted by Gasteiger charge is -2.13. The summed E-state index contributed by atoms with van der Waals surface area (Å²) in [5.41, 5.74) is 0.924. The molecule has 0 unspecified atom stereocenters. The number of halogens is 4. The topological polar surface area (TPSA) is 68.2 Å². The minimum atomic E-state index is -4.60. The van der Waals surface area contributed by atoms with Gasteiger partial charge in [0.2, 0.25) is 5.82 Å². The van der Waals surface area contributed by atoms with Gasteiger partial charge in [0.25, 0.3) is 0 Å². The average molecular weight is 413 g/mol. The van der Waals surface area contributed by atoms with Crippen LogP contribution in [0.5, 0.6) is 5.75 Å². The zero-order valence-electron chi connectivity index (χ0n) is 14.7. The Balaban J connectivity index is 1.70. The fourth-order valence-corrected chi connectivity index (χ4v) is 2.92. The largest absolute Gasteiger partial charge is 0.495 e. The summed E-state index contributed by atoms with van der Waals surface area (Å²) in [4.78, 5) is 15.8. The smallest absolute Gasteiger partial charge is 0.449 e. The van der Waals surface area contributed by atoms with E-state index in [4.69, 9.17) is 16.3 Å². The van der Waals surface area contributed by atoms with Crippen molar-refractivity contribution in [2.24, 2.45) is 0 Å². The van der Waals surface area contributed by atoms with E-state index in [1.165, 1.54) is 19.2 Å². The standard InChI is InChI=1S/C18H16ClF3N4O2/c1-28-15-7-6-11(19)10-13(15)25-17(27)23-8-9-26-14-5-3-2-4-12(14)24-16(26)18(20,21)22/h2-7,10H,8-9H2,1H3,(H2,23,25,27). The van der Waals surface area contributed by atoms with Crippen molar-refractivity contribution in [2.45, 2.75) is 12.7 Å². The molecule has 0 aliphatic rings. The van der Waals surface area contributed by atoms with Crippen LogP contribution in [0.4, 0.5) is 23.7 Å². The van der Waals surface area contributed by atoms with Gasteiger partial charge in [0.15, 0.2) is 0 Å². The molecular formula is C18H16ClF3N4O2. The molecule has 10 heteroatoms. The lowest BCUT2D eigenvalue weighted by molar-refractivity contribution is -0.146. The van der Waals surface area contributed by atoms with Crippen LogP contribution < -0.4 is 15.4 Å². The van der Waals surface area contributed by atoms with Crippen molar-refractivity contribution in [3.63, 3.8) is 0 Å². The number of imidazole rings is 1. The molecule has 0 fully saturated rings. The number of anilines is 1. The Morgan fingerprint density at radius 2 is 2.00 bits per heavy atom. The Morgan fingerprint density at radius 3 is 2.71 bits per heavy atom. The van der Waals surface area contributed by atoms with Gasteiger partial charge >= 0.3 is 12.2 Å². The number of fused-ring (bicyclic) bond motifs is 1. The second-order valence-corrected chi connectivity index (χ2v) is 6.24. The highest BCUT2D eigenvalue weighted by Crippen LogP contribution is 2.31. The van der Waals surface area contributed by atoms with Gasteiger partial charge in [-0.25, -0.2) is 9.78 Å². The second kappa shape index (κ2) is 7.97. The molecule has 6 nitrogen and oxygen atoms in total. The van der Waals surface area contributed by atoms with Gasteiger partial charge in [0.05, 0.1) is 23.8 Å². The quantitative estimate of drug-likeness (QED) is 0.646. The molecule has 0 spiro atoms. The van der Waals surface area contributed by atoms with Crippen LogP contribution in [0.1, 0.15) is 5.82 Å². The van der Waals surface area contributed by atoms with E-state index in [1.807, 2.05) is 0 Å². The third-order valence-corrected chi connectivity index (χ3v) is 4.17. The molecule has 28 heavy (non-hydrogen) atoms. The number of amides is 2. The van der Waals surface area contributed by atoms with Gasteiger partial charge in [-0.2, -0.15) is 13.2 Å². The van der Waals surface area contributed by atoms with Crippen LogP contribution in [-0.2, 0) is 12.7 Å². The van der Waals surface area contributed by atoms with Crippen LogP contribution in [0.25, 0.3) is 11.0 Å². The Morgan fingerprint density at radius 1 is 1.25 bits per heavy atom. The maximum absolute atomic E-state index is 13.3. The molecule has 1 aromatic heterocycles. The summed E-state index contributed by atoms with van der Waals surface area (Å²) in [6.07, 6.45) is -4.60. The number of hydrogen-bond donors (Lipinski definition) is 2. The number of rotatable bonds is 5. The number of aromatic nitrogens is 2. The molecule has 2 N–H and O–H groups in total. The van der Waals surface area contributed by atoms with E-state index in [9.17, 15) is 18.0 Å². The van der Waals surface area contributed by atoms with E-state index in [0.29, 0.717) is 22.0 Å². The van der Waals surface area contributed by atoms with E-state index in [1.54, 1.807) is 30.3 Å². The SMILES string of the molecule is COc1ccc(Cl)cc1NC(=O)NCCn1c(C(F)(F)F)nc2ccccc21. The van der Waals surface area contributed by atoms with Gasteiger partial charge in [-0.15, -0.1) is 0 Å². The van der Waals surface area contributed by atoms with E-state index >= 15 is 0 Å². The molecule has 1 heterocycles. The molecular weight excluding hydrogens is 397 g/mol. The molecule has 148 valence electrons. The lowest BCUT2D eigenvalue weighted by Crippen LogP contribution is -2.32. The Kier molecular flexibility index (Phi) is 5.64. The molecule has 0 bridgehead atoms. The van der Waals surface area contributed by atoms with E-state index < -0.39 is 18.0 Å². The molecule has 0 saturated carbocycles. The predicted octanol–water partition coefficient (Wildman–Crippen LogP) is 4.54. The van der Waals surface area contributed by atoms with Crippen molar-refractivity contribution in [2.75, 3.05) is 19.0 Å². The first kappa shape index (κ1) is 19.8. The fourth-order valence-electron chi connectivity index (χ4n) is 2.74. The number of carbonyl (C=O) groups excluding carboxylic acids is 1. The predicted molar refractivity (Wildman–Crippen MR) is 99.8 cm³/mol. The summed E-state index contributed by atoms with van der Waals surface area (Å²) in [6, 6.07) is 10.4. The van der Waals surface area contributed by atoms with Crippen LogP contribution >= 0.6 is 11.6 Å². The molecule has 3 aromatic rings. The van der Waals surface area contributed by atoms with E-state index in [2.05, 4.69) is 15.6 Å². The monoisotopic (exact) mass is 412 g/mol. The number of alkyl halides is 3. The first-order chi connectivity index (χ1) is 13.3. The number of benzene rings is 2. The number of nitrogens with zero attached hydrogens (tertiary/aromatic N) is 2. The van der Waals surface area contributed by atoms with Crippen molar-refractivity contribution in [1.29, 1.82) is 0 Å². The number of carbonyl (C=O) groups is 1. The minimum Gasteiger partial charge on any atom is -0.495 e. The van der Waals surface area contributed by atoms with Crippen LogP contribution in [-0.4, -0.2) is 29.2 Å². The normalized spacial score (nSPS) is 11.5. The first-order valence-electron chi connectivity index (χ1n) is 8.20. The van der Waals surface area contributed by atoms with E-state index in [-0.39, 0.29) is 18.6 Å². The molecule has 0 atom stereocenters. The number of urea groups is 1. The summed E-state index contributed by atoms with van der Waals surface area (Å²) in [6.45, 7) is -0.145. The highest BCUT2D eigenvalue weighted by Gasteiger charge is 2.37. The maximum Gasteiger partial charge on any atom is 0.449 e. The molecule has 0 radical (unpaired) electrons. The first-order valence-corrected chi connectivity index (χ1v) is 8.58. The highest BCUT2D eigenvalue weighted by molar-refractivity contribution is 6.31. The van der Waals surface area contributed by atoms with Crippen LogP contribution in [0.3, 0.4) is 0 Å². The third-order valence-electron chi connectivity index (χ3n) is 3.94. The lowest BCUT2D eigenvalue weighted by atomic mass is 10.3. The van der Waals surface area contributed by atoms with Gasteiger partial charge < -0.3 is 19.9 Å². The molecule has 2 amide bonds. The van der Waals surface area contributed by atoms with Crippen LogP contribution in [0.15, 0.2) is 42.5 Å².